The highest BCUT2D eigenvalue weighted by Gasteiger charge is 2.16. The minimum atomic E-state index is -0.414. The summed E-state index contributed by atoms with van der Waals surface area (Å²) in [6, 6.07) is 10.2. The lowest BCUT2D eigenvalue weighted by atomic mass is 10.1. The average molecular weight is 307 g/mol. The number of para-hydroxylation sites is 1. The summed E-state index contributed by atoms with van der Waals surface area (Å²) in [5.41, 5.74) is 2.14. The Morgan fingerprint density at radius 1 is 1.33 bits per heavy atom. The number of halogens is 1. The summed E-state index contributed by atoms with van der Waals surface area (Å²) in [4.78, 5) is 10.6. The number of rotatable bonds is 5. The van der Waals surface area contributed by atoms with Crippen molar-refractivity contribution in [2.75, 3.05) is 12.4 Å². The van der Waals surface area contributed by atoms with Crippen molar-refractivity contribution in [3.05, 3.63) is 62.7 Å². The Bertz CT molecular complexity index is 674. The van der Waals surface area contributed by atoms with Crippen LogP contribution in [0, 0.1) is 17.0 Å². The average Bonchev–Trinajstić information content (AvgIpc) is 2.45. The van der Waals surface area contributed by atoms with E-state index < -0.39 is 4.92 Å². The molecule has 0 amide bonds. The van der Waals surface area contributed by atoms with E-state index in [0.29, 0.717) is 16.5 Å². The normalized spacial score (nSPS) is 10.2. The molecule has 2 rings (SSSR count). The van der Waals surface area contributed by atoms with Gasteiger partial charge in [0.15, 0.2) is 0 Å². The number of nitrogens with one attached hydrogen (secondary N) is 1. The van der Waals surface area contributed by atoms with Gasteiger partial charge in [-0.15, -0.1) is 0 Å². The highest BCUT2D eigenvalue weighted by molar-refractivity contribution is 6.30. The number of hydrogen-bond acceptors (Lipinski definition) is 4. The molecule has 0 unspecified atom stereocenters. The number of hydrogen-bond donors (Lipinski definition) is 1. The van der Waals surface area contributed by atoms with Crippen LogP contribution in [0.25, 0.3) is 0 Å². The lowest BCUT2D eigenvalue weighted by molar-refractivity contribution is -0.384. The smallest absolute Gasteiger partial charge is 0.292 e. The first-order valence-corrected chi connectivity index (χ1v) is 6.73. The minimum Gasteiger partial charge on any atom is -0.489 e. The molecule has 0 aliphatic carbocycles. The van der Waals surface area contributed by atoms with Gasteiger partial charge in [0, 0.05) is 23.7 Å². The zero-order valence-corrected chi connectivity index (χ0v) is 12.5. The monoisotopic (exact) mass is 306 g/mol. The summed E-state index contributed by atoms with van der Waals surface area (Å²) in [5.74, 6) is 0.702. The second-order valence-electron chi connectivity index (χ2n) is 4.52. The molecule has 21 heavy (non-hydrogen) atoms. The Morgan fingerprint density at radius 3 is 2.71 bits per heavy atom. The van der Waals surface area contributed by atoms with E-state index >= 15 is 0 Å². The number of aryl methyl sites for hydroxylation is 1. The molecule has 0 spiro atoms. The van der Waals surface area contributed by atoms with Gasteiger partial charge in [-0.1, -0.05) is 23.7 Å². The number of ether oxygens (including phenoxy) is 1. The molecule has 0 aliphatic heterocycles. The second kappa shape index (κ2) is 6.45. The molecule has 0 bridgehead atoms. The molecular formula is C15H15ClN2O3. The van der Waals surface area contributed by atoms with Crippen molar-refractivity contribution in [1.82, 2.24) is 0 Å². The molecule has 2 aromatic carbocycles. The number of benzene rings is 2. The Labute approximate surface area is 127 Å². The first-order valence-electron chi connectivity index (χ1n) is 6.36. The van der Waals surface area contributed by atoms with Gasteiger partial charge in [0.2, 0.25) is 0 Å². The van der Waals surface area contributed by atoms with Gasteiger partial charge in [0.05, 0.1) is 4.92 Å². The fraction of sp³-hybridized carbons (Fsp3) is 0.200. The van der Waals surface area contributed by atoms with E-state index in [4.69, 9.17) is 16.3 Å². The molecule has 2 aromatic rings. The van der Waals surface area contributed by atoms with Crippen LogP contribution in [0.5, 0.6) is 5.75 Å². The second-order valence-corrected chi connectivity index (χ2v) is 4.95. The molecule has 0 fully saturated rings. The molecule has 0 heterocycles. The van der Waals surface area contributed by atoms with E-state index in [1.54, 1.807) is 31.3 Å². The Hall–Kier alpha value is -2.27. The predicted octanol–water partition coefficient (Wildman–Crippen LogP) is 4.18. The Kier molecular flexibility index (Phi) is 4.65. The van der Waals surface area contributed by atoms with Gasteiger partial charge in [-0.3, -0.25) is 10.1 Å². The van der Waals surface area contributed by atoms with Crippen LogP contribution in [0.4, 0.5) is 11.4 Å². The van der Waals surface area contributed by atoms with Gasteiger partial charge in [0.25, 0.3) is 5.69 Å². The molecule has 110 valence electrons. The van der Waals surface area contributed by atoms with Crippen molar-refractivity contribution in [2.45, 2.75) is 13.5 Å². The minimum absolute atomic E-state index is 0.0337. The first-order chi connectivity index (χ1) is 10.0. The third-order valence-corrected chi connectivity index (χ3v) is 3.33. The molecule has 0 aliphatic rings. The van der Waals surface area contributed by atoms with Crippen LogP contribution in [-0.2, 0) is 6.61 Å². The van der Waals surface area contributed by atoms with E-state index in [2.05, 4.69) is 5.32 Å². The molecule has 0 atom stereocenters. The van der Waals surface area contributed by atoms with Crippen LogP contribution >= 0.6 is 11.6 Å². The largest absolute Gasteiger partial charge is 0.489 e. The predicted molar refractivity (Wildman–Crippen MR) is 83.2 cm³/mol. The lowest BCUT2D eigenvalue weighted by Gasteiger charge is -2.12. The Balaban J connectivity index is 2.24. The molecular weight excluding hydrogens is 292 g/mol. The molecule has 0 saturated carbocycles. The van der Waals surface area contributed by atoms with Gasteiger partial charge >= 0.3 is 0 Å². The van der Waals surface area contributed by atoms with Crippen molar-refractivity contribution in [3.63, 3.8) is 0 Å². The fourth-order valence-electron chi connectivity index (χ4n) is 2.08. The van der Waals surface area contributed by atoms with Gasteiger partial charge in [-0.25, -0.2) is 0 Å². The van der Waals surface area contributed by atoms with Gasteiger partial charge in [-0.2, -0.15) is 0 Å². The third-order valence-electron chi connectivity index (χ3n) is 3.10. The quantitative estimate of drug-likeness (QED) is 0.665. The van der Waals surface area contributed by atoms with Crippen molar-refractivity contribution in [3.8, 4) is 5.75 Å². The molecule has 0 radical (unpaired) electrons. The zero-order valence-electron chi connectivity index (χ0n) is 11.7. The van der Waals surface area contributed by atoms with Gasteiger partial charge in [-0.05, 0) is 30.7 Å². The van der Waals surface area contributed by atoms with Crippen molar-refractivity contribution in [1.29, 1.82) is 0 Å². The van der Waals surface area contributed by atoms with Crippen LogP contribution < -0.4 is 10.1 Å². The maximum atomic E-state index is 11.0. The van der Waals surface area contributed by atoms with Crippen LogP contribution in [0.15, 0.2) is 36.4 Å². The van der Waals surface area contributed by atoms with Gasteiger partial charge < -0.3 is 10.1 Å². The highest BCUT2D eigenvalue weighted by atomic mass is 35.5. The summed E-state index contributed by atoms with van der Waals surface area (Å²) in [6.07, 6.45) is 0. The number of nitrogens with zero attached hydrogens (tertiary/aromatic N) is 1. The standard InChI is InChI=1S/C15H15ClN2O3/c1-10-8-12(16)6-7-14(10)21-9-11-4-3-5-13(18(19)20)15(11)17-2/h3-8,17H,9H2,1-2H3. The molecule has 1 N–H and O–H groups in total. The van der Waals surface area contributed by atoms with E-state index in [0.717, 1.165) is 11.1 Å². The summed E-state index contributed by atoms with van der Waals surface area (Å²) in [5, 5.41) is 14.5. The topological polar surface area (TPSA) is 64.4 Å². The highest BCUT2D eigenvalue weighted by Crippen LogP contribution is 2.29. The van der Waals surface area contributed by atoms with Crippen molar-refractivity contribution >= 4 is 23.0 Å². The van der Waals surface area contributed by atoms with Gasteiger partial charge in [0.1, 0.15) is 18.0 Å². The van der Waals surface area contributed by atoms with Crippen molar-refractivity contribution in [2.24, 2.45) is 0 Å². The SMILES string of the molecule is CNc1c(COc2ccc(Cl)cc2C)cccc1[N+](=O)[O-]. The van der Waals surface area contributed by atoms with Crippen LogP contribution in [0.3, 0.4) is 0 Å². The third kappa shape index (κ3) is 3.44. The molecule has 6 heteroatoms. The number of nitro groups is 1. The number of nitro benzene ring substituents is 1. The van der Waals surface area contributed by atoms with E-state index in [1.807, 2.05) is 13.0 Å². The molecule has 0 saturated heterocycles. The van der Waals surface area contributed by atoms with Crippen LogP contribution in [0.2, 0.25) is 5.02 Å². The molecule has 0 aromatic heterocycles. The zero-order chi connectivity index (χ0) is 15.4. The lowest BCUT2D eigenvalue weighted by Crippen LogP contribution is -2.04. The maximum absolute atomic E-state index is 11.0. The molecule has 5 nitrogen and oxygen atoms in total. The fourth-order valence-corrected chi connectivity index (χ4v) is 2.30. The van der Waals surface area contributed by atoms with Crippen LogP contribution in [0.1, 0.15) is 11.1 Å². The maximum Gasteiger partial charge on any atom is 0.292 e. The Morgan fingerprint density at radius 2 is 2.10 bits per heavy atom. The van der Waals surface area contributed by atoms with Crippen molar-refractivity contribution < 1.29 is 9.66 Å². The first kappa shape index (κ1) is 15.1. The summed E-state index contributed by atoms with van der Waals surface area (Å²) in [7, 11) is 1.65. The summed E-state index contributed by atoms with van der Waals surface area (Å²) >= 11 is 5.90. The summed E-state index contributed by atoms with van der Waals surface area (Å²) in [6.45, 7) is 2.13. The van der Waals surface area contributed by atoms with E-state index in [1.165, 1.54) is 6.07 Å². The number of anilines is 1. The summed E-state index contributed by atoms with van der Waals surface area (Å²) < 4.78 is 5.73. The van der Waals surface area contributed by atoms with E-state index in [9.17, 15) is 10.1 Å². The van der Waals surface area contributed by atoms with E-state index in [-0.39, 0.29) is 12.3 Å². The van der Waals surface area contributed by atoms with Crippen LogP contribution in [-0.4, -0.2) is 12.0 Å².